The van der Waals surface area contributed by atoms with Crippen molar-refractivity contribution in [3.63, 3.8) is 0 Å². The Morgan fingerprint density at radius 1 is 0.789 bits per heavy atom. The van der Waals surface area contributed by atoms with Crippen molar-refractivity contribution in [1.29, 1.82) is 0 Å². The van der Waals surface area contributed by atoms with Crippen molar-refractivity contribution in [3.05, 3.63) is 54.4 Å². The first-order valence-electron chi connectivity index (χ1n) is 14.1. The first kappa shape index (κ1) is 24.8. The third kappa shape index (κ3) is 5.35. The quantitative estimate of drug-likeness (QED) is 0.443. The molecule has 4 heterocycles. The maximum absolute atomic E-state index is 12.8. The summed E-state index contributed by atoms with van der Waals surface area (Å²) in [6, 6.07) is 11.8. The van der Waals surface area contributed by atoms with Crippen LogP contribution in [0.5, 0.6) is 5.75 Å². The molecule has 0 radical (unpaired) electrons. The minimum absolute atomic E-state index is 0.0559. The van der Waals surface area contributed by atoms with Gasteiger partial charge in [-0.2, -0.15) is 0 Å². The molecule has 2 aromatic heterocycles. The molecule has 200 valence electrons. The predicted octanol–water partition coefficient (Wildman–Crippen LogP) is 5.57. The van der Waals surface area contributed by atoms with Gasteiger partial charge in [-0.05, 0) is 74.9 Å². The van der Waals surface area contributed by atoms with Gasteiger partial charge in [-0.25, -0.2) is 9.78 Å². The highest BCUT2D eigenvalue weighted by Crippen LogP contribution is 2.26. The summed E-state index contributed by atoms with van der Waals surface area (Å²) in [6.07, 6.45) is 13.0. The molecule has 0 unspecified atom stereocenters. The molecule has 3 aromatic rings. The second-order valence-corrected chi connectivity index (χ2v) is 10.8. The monoisotopic (exact) mass is 516 g/mol. The molecule has 0 bridgehead atoms. The fourth-order valence-corrected chi connectivity index (χ4v) is 5.91. The van der Waals surface area contributed by atoms with E-state index in [1.165, 1.54) is 6.42 Å². The van der Waals surface area contributed by atoms with Gasteiger partial charge >= 0.3 is 6.09 Å². The second kappa shape index (κ2) is 11.1. The number of carbonyl (C=O) groups excluding carboxylic acids is 2. The molecule has 3 fully saturated rings. The van der Waals surface area contributed by atoms with Gasteiger partial charge in [-0.1, -0.05) is 6.42 Å². The highest BCUT2D eigenvalue weighted by Gasteiger charge is 2.27. The van der Waals surface area contributed by atoms with Crippen molar-refractivity contribution in [2.75, 3.05) is 26.2 Å². The number of nitrogens with zero attached hydrogens (tertiary/aromatic N) is 4. The minimum atomic E-state index is -0.173. The maximum Gasteiger partial charge on any atom is 0.410 e. The number of amides is 2. The van der Waals surface area contributed by atoms with Crippen LogP contribution < -0.4 is 4.74 Å². The zero-order valence-electron chi connectivity index (χ0n) is 21.9. The number of hydrogen-bond donors (Lipinski definition) is 0. The molecular weight excluding hydrogens is 480 g/mol. The van der Waals surface area contributed by atoms with E-state index < -0.39 is 0 Å². The Balaban J connectivity index is 1.04. The third-order valence-corrected chi connectivity index (χ3v) is 8.12. The van der Waals surface area contributed by atoms with Gasteiger partial charge in [0.2, 0.25) is 0 Å². The maximum atomic E-state index is 12.8. The van der Waals surface area contributed by atoms with Crippen molar-refractivity contribution in [1.82, 2.24) is 19.4 Å². The smallest absolute Gasteiger partial charge is 0.410 e. The van der Waals surface area contributed by atoms with Crippen LogP contribution in [0.15, 0.2) is 48.8 Å². The lowest BCUT2D eigenvalue weighted by Crippen LogP contribution is -2.43. The number of carbonyl (C=O) groups is 2. The highest BCUT2D eigenvalue weighted by atomic mass is 16.6. The Morgan fingerprint density at radius 3 is 2.32 bits per heavy atom. The van der Waals surface area contributed by atoms with E-state index in [0.717, 1.165) is 92.5 Å². The second-order valence-electron chi connectivity index (χ2n) is 10.8. The number of likely N-dealkylation sites (tertiary alicyclic amines) is 2. The number of fused-ring (bicyclic) bond motifs is 1. The Morgan fingerprint density at radius 2 is 1.58 bits per heavy atom. The average molecular weight is 517 g/mol. The number of rotatable bonds is 5. The SMILES string of the molecule is O=C(OC1CCCCC1)N1CCC(Oc2ccc(-n3ccc4cc(C(=O)N5CCCC5)ccc43)nc2)CC1. The van der Waals surface area contributed by atoms with Crippen LogP contribution in [-0.2, 0) is 4.74 Å². The molecule has 2 saturated heterocycles. The Bertz CT molecular complexity index is 1270. The van der Waals surface area contributed by atoms with Crippen LogP contribution in [-0.4, -0.2) is 69.7 Å². The number of piperidine rings is 1. The van der Waals surface area contributed by atoms with E-state index in [1.807, 2.05) is 57.0 Å². The van der Waals surface area contributed by atoms with Gasteiger partial charge in [0.05, 0.1) is 11.7 Å². The molecule has 8 heteroatoms. The minimum Gasteiger partial charge on any atom is -0.489 e. The summed E-state index contributed by atoms with van der Waals surface area (Å²) >= 11 is 0. The molecule has 0 atom stereocenters. The van der Waals surface area contributed by atoms with Gasteiger partial charge < -0.3 is 23.8 Å². The lowest BCUT2D eigenvalue weighted by molar-refractivity contribution is 0.0299. The first-order valence-corrected chi connectivity index (χ1v) is 14.1. The highest BCUT2D eigenvalue weighted by molar-refractivity contribution is 5.98. The van der Waals surface area contributed by atoms with Crippen LogP contribution in [0.3, 0.4) is 0 Å². The van der Waals surface area contributed by atoms with E-state index in [9.17, 15) is 9.59 Å². The van der Waals surface area contributed by atoms with E-state index >= 15 is 0 Å². The topological polar surface area (TPSA) is 76.9 Å². The molecule has 8 nitrogen and oxygen atoms in total. The predicted molar refractivity (Wildman–Crippen MR) is 145 cm³/mol. The van der Waals surface area contributed by atoms with Gasteiger partial charge in [-0.3, -0.25) is 4.79 Å². The van der Waals surface area contributed by atoms with Crippen molar-refractivity contribution in [3.8, 4) is 11.6 Å². The van der Waals surface area contributed by atoms with Crippen molar-refractivity contribution < 1.29 is 19.1 Å². The molecule has 0 N–H and O–H groups in total. The Labute approximate surface area is 223 Å². The van der Waals surface area contributed by atoms with Gasteiger partial charge in [0.25, 0.3) is 5.91 Å². The van der Waals surface area contributed by atoms with Crippen molar-refractivity contribution >= 4 is 22.9 Å². The lowest BCUT2D eigenvalue weighted by atomic mass is 9.98. The summed E-state index contributed by atoms with van der Waals surface area (Å²) in [6.45, 7) is 3.00. The third-order valence-electron chi connectivity index (χ3n) is 8.12. The van der Waals surface area contributed by atoms with Crippen LogP contribution in [0.25, 0.3) is 16.7 Å². The van der Waals surface area contributed by atoms with Crippen LogP contribution in [0.2, 0.25) is 0 Å². The number of aromatic nitrogens is 2. The van der Waals surface area contributed by atoms with Gasteiger partial charge in [-0.15, -0.1) is 0 Å². The largest absolute Gasteiger partial charge is 0.489 e. The summed E-state index contributed by atoms with van der Waals surface area (Å²) in [5.74, 6) is 1.64. The molecule has 6 rings (SSSR count). The molecule has 0 spiro atoms. The first-order chi connectivity index (χ1) is 18.6. The van der Waals surface area contributed by atoms with Crippen molar-refractivity contribution in [2.45, 2.75) is 70.0 Å². The molecule has 38 heavy (non-hydrogen) atoms. The van der Waals surface area contributed by atoms with Crippen LogP contribution in [0.4, 0.5) is 4.79 Å². The van der Waals surface area contributed by atoms with E-state index in [0.29, 0.717) is 13.1 Å². The van der Waals surface area contributed by atoms with Gasteiger partial charge in [0, 0.05) is 56.2 Å². The molecular formula is C30H36N4O4. The molecule has 2 amide bonds. The molecule has 1 aromatic carbocycles. The Hall–Kier alpha value is -3.55. The van der Waals surface area contributed by atoms with E-state index in [-0.39, 0.29) is 24.2 Å². The number of hydrogen-bond acceptors (Lipinski definition) is 5. The number of benzene rings is 1. The van der Waals surface area contributed by atoms with E-state index in [1.54, 1.807) is 6.20 Å². The summed E-state index contributed by atoms with van der Waals surface area (Å²) in [5, 5.41) is 1.02. The molecule has 2 aliphatic heterocycles. The van der Waals surface area contributed by atoms with Crippen LogP contribution >= 0.6 is 0 Å². The standard InChI is InChI=1S/C30H36N4O4/c35-29(32-15-4-5-16-32)23-8-10-27-22(20-23)12-19-34(27)28-11-9-26(21-31-28)37-25-13-17-33(18-14-25)30(36)38-24-6-2-1-3-7-24/h8-12,19-21,24-25H,1-7,13-18H2. The average Bonchev–Trinajstić information content (AvgIpc) is 3.64. The van der Waals surface area contributed by atoms with Gasteiger partial charge in [0.1, 0.15) is 23.8 Å². The van der Waals surface area contributed by atoms with Gasteiger partial charge in [0.15, 0.2) is 0 Å². The summed E-state index contributed by atoms with van der Waals surface area (Å²) in [4.78, 5) is 33.7. The Kier molecular flexibility index (Phi) is 7.20. The molecule has 3 aliphatic rings. The zero-order valence-corrected chi connectivity index (χ0v) is 21.9. The normalized spacial score (nSPS) is 19.2. The van der Waals surface area contributed by atoms with Crippen LogP contribution in [0.1, 0.15) is 68.1 Å². The fourth-order valence-electron chi connectivity index (χ4n) is 5.91. The van der Waals surface area contributed by atoms with E-state index in [2.05, 4.69) is 4.98 Å². The number of pyridine rings is 1. The summed E-state index contributed by atoms with van der Waals surface area (Å²) < 4.78 is 13.9. The van der Waals surface area contributed by atoms with E-state index in [4.69, 9.17) is 9.47 Å². The molecule has 1 saturated carbocycles. The number of ether oxygens (including phenoxy) is 2. The van der Waals surface area contributed by atoms with Crippen LogP contribution in [0, 0.1) is 0 Å². The zero-order chi connectivity index (χ0) is 25.9. The molecule has 1 aliphatic carbocycles. The summed E-state index contributed by atoms with van der Waals surface area (Å²) in [5.41, 5.74) is 1.75. The lowest BCUT2D eigenvalue weighted by Gasteiger charge is -2.33. The van der Waals surface area contributed by atoms with Crippen molar-refractivity contribution in [2.24, 2.45) is 0 Å². The fraction of sp³-hybridized carbons (Fsp3) is 0.500. The summed E-state index contributed by atoms with van der Waals surface area (Å²) in [7, 11) is 0.